The quantitative estimate of drug-likeness (QED) is 0.229. The molecule has 2 aromatic heterocycles. The van der Waals surface area contributed by atoms with E-state index in [2.05, 4.69) is 36.3 Å². The van der Waals surface area contributed by atoms with Crippen molar-refractivity contribution in [1.82, 2.24) is 4.98 Å². The van der Waals surface area contributed by atoms with Crippen LogP contribution in [-0.2, 0) is 4.79 Å². The number of hydrogen-bond acceptors (Lipinski definition) is 4. The fourth-order valence-corrected chi connectivity index (χ4v) is 4.16. The maximum atomic E-state index is 12.5. The minimum atomic E-state index is -0.305. The Hall–Kier alpha value is -3.80. The van der Waals surface area contributed by atoms with Gasteiger partial charge in [-0.25, -0.2) is 4.98 Å². The number of anilines is 1. The first-order valence-corrected chi connectivity index (χ1v) is 12.2. The van der Waals surface area contributed by atoms with Gasteiger partial charge in [-0.05, 0) is 72.2 Å². The van der Waals surface area contributed by atoms with Gasteiger partial charge < -0.3 is 14.2 Å². The Morgan fingerprint density at radius 3 is 2.56 bits per heavy atom. The predicted molar refractivity (Wildman–Crippen MR) is 145 cm³/mol. The van der Waals surface area contributed by atoms with E-state index in [0.717, 1.165) is 5.56 Å². The van der Waals surface area contributed by atoms with Crippen molar-refractivity contribution in [3.63, 3.8) is 0 Å². The van der Waals surface area contributed by atoms with Crippen molar-refractivity contribution in [2.45, 2.75) is 19.8 Å². The van der Waals surface area contributed by atoms with Crippen LogP contribution < -0.4 is 5.32 Å². The van der Waals surface area contributed by atoms with Crippen LogP contribution in [0.3, 0.4) is 0 Å². The third kappa shape index (κ3) is 5.08. The van der Waals surface area contributed by atoms with Crippen LogP contribution >= 0.6 is 23.2 Å². The zero-order chi connectivity index (χ0) is 25.2. The van der Waals surface area contributed by atoms with Gasteiger partial charge in [0.05, 0.1) is 10.0 Å². The van der Waals surface area contributed by atoms with Gasteiger partial charge in [0.15, 0.2) is 5.58 Å². The van der Waals surface area contributed by atoms with Crippen molar-refractivity contribution < 1.29 is 13.6 Å². The first-order chi connectivity index (χ1) is 17.4. The van der Waals surface area contributed by atoms with Crippen LogP contribution in [-0.4, -0.2) is 10.9 Å². The molecule has 0 atom stereocenters. The number of rotatable bonds is 6. The Balaban J connectivity index is 1.28. The average molecular weight is 517 g/mol. The number of oxazole rings is 1. The fourth-order valence-electron chi connectivity index (χ4n) is 3.76. The van der Waals surface area contributed by atoms with Crippen LogP contribution in [0.15, 0.2) is 87.7 Å². The van der Waals surface area contributed by atoms with Crippen LogP contribution in [0.5, 0.6) is 0 Å². The van der Waals surface area contributed by atoms with Gasteiger partial charge in [-0.2, -0.15) is 0 Å². The monoisotopic (exact) mass is 516 g/mol. The fraction of sp³-hybridized carbons (Fsp3) is 0.103. The summed E-state index contributed by atoms with van der Waals surface area (Å²) in [6.45, 7) is 4.31. The summed E-state index contributed by atoms with van der Waals surface area (Å²) in [5.74, 6) is 1.77. The summed E-state index contributed by atoms with van der Waals surface area (Å²) in [4.78, 5) is 17.1. The second-order valence-electron chi connectivity index (χ2n) is 8.60. The zero-order valence-corrected chi connectivity index (χ0v) is 21.1. The molecule has 36 heavy (non-hydrogen) atoms. The number of aromatic nitrogens is 1. The maximum absolute atomic E-state index is 12.5. The van der Waals surface area contributed by atoms with Gasteiger partial charge in [0, 0.05) is 22.9 Å². The van der Waals surface area contributed by atoms with Crippen molar-refractivity contribution in [3.05, 3.63) is 100 Å². The first kappa shape index (κ1) is 23.9. The van der Waals surface area contributed by atoms with Crippen molar-refractivity contribution in [2.24, 2.45) is 0 Å². The van der Waals surface area contributed by atoms with E-state index >= 15 is 0 Å². The highest BCUT2D eigenvalue weighted by Gasteiger charge is 2.12. The molecule has 0 fully saturated rings. The highest BCUT2D eigenvalue weighted by molar-refractivity contribution is 6.43. The second-order valence-corrected chi connectivity index (χ2v) is 9.39. The van der Waals surface area contributed by atoms with E-state index in [1.54, 1.807) is 48.5 Å². The predicted octanol–water partition coefficient (Wildman–Crippen LogP) is 8.84. The summed E-state index contributed by atoms with van der Waals surface area (Å²) in [6, 6.07) is 22.4. The molecule has 0 aliphatic rings. The van der Waals surface area contributed by atoms with E-state index in [0.29, 0.717) is 55.7 Å². The summed E-state index contributed by atoms with van der Waals surface area (Å²) < 4.78 is 11.7. The lowest BCUT2D eigenvalue weighted by Gasteiger charge is -2.04. The summed E-state index contributed by atoms with van der Waals surface area (Å²) in [5.41, 5.74) is 4.76. The van der Waals surface area contributed by atoms with Gasteiger partial charge in [-0.15, -0.1) is 0 Å². The molecule has 0 radical (unpaired) electrons. The molecule has 5 aromatic rings. The molecular formula is C29H22Cl2N2O3. The van der Waals surface area contributed by atoms with Crippen LogP contribution in [0.25, 0.3) is 40.0 Å². The molecular weight excluding hydrogens is 495 g/mol. The standard InChI is InChI=1S/C29H22Cl2N2O3/c1-17(2)18-6-8-19(9-7-18)29-33-24-16-20(10-13-26(24)36-29)32-27(34)15-12-21-11-14-25(35-21)22-4-3-5-23(30)28(22)31/h3-17H,1-2H3,(H,32,34). The summed E-state index contributed by atoms with van der Waals surface area (Å²) >= 11 is 12.3. The lowest BCUT2D eigenvalue weighted by molar-refractivity contribution is -0.111. The topological polar surface area (TPSA) is 68.3 Å². The molecule has 180 valence electrons. The molecule has 0 bridgehead atoms. The lowest BCUT2D eigenvalue weighted by Crippen LogP contribution is -2.07. The molecule has 1 amide bonds. The molecule has 0 saturated heterocycles. The van der Waals surface area contributed by atoms with Crippen LogP contribution in [0.2, 0.25) is 10.0 Å². The number of halogens is 2. The Kier molecular flexibility index (Phi) is 6.68. The van der Waals surface area contributed by atoms with Crippen molar-refractivity contribution >= 4 is 52.0 Å². The average Bonchev–Trinajstić information content (AvgIpc) is 3.51. The minimum absolute atomic E-state index is 0.305. The highest BCUT2D eigenvalue weighted by atomic mass is 35.5. The molecule has 0 unspecified atom stereocenters. The number of furan rings is 1. The number of carbonyl (C=O) groups excluding carboxylic acids is 1. The molecule has 0 aliphatic heterocycles. The van der Waals surface area contributed by atoms with Crippen LogP contribution in [0.4, 0.5) is 5.69 Å². The number of benzene rings is 3. The molecule has 2 heterocycles. The van der Waals surface area contributed by atoms with E-state index in [1.165, 1.54) is 11.6 Å². The van der Waals surface area contributed by atoms with E-state index < -0.39 is 0 Å². The van der Waals surface area contributed by atoms with Crippen molar-refractivity contribution in [1.29, 1.82) is 0 Å². The van der Waals surface area contributed by atoms with Crippen LogP contribution in [0, 0.1) is 0 Å². The SMILES string of the molecule is CC(C)c1ccc(-c2nc3cc(NC(=O)C=Cc4ccc(-c5cccc(Cl)c5Cl)o4)ccc3o2)cc1. The van der Waals surface area contributed by atoms with Gasteiger partial charge in [-0.3, -0.25) is 4.79 Å². The molecule has 5 nitrogen and oxygen atoms in total. The number of nitrogens with zero attached hydrogens (tertiary/aromatic N) is 1. The molecule has 5 rings (SSSR count). The summed E-state index contributed by atoms with van der Waals surface area (Å²) in [7, 11) is 0. The molecule has 0 saturated carbocycles. The zero-order valence-electron chi connectivity index (χ0n) is 19.6. The largest absolute Gasteiger partial charge is 0.457 e. The minimum Gasteiger partial charge on any atom is -0.457 e. The van der Waals surface area contributed by atoms with Gasteiger partial charge in [-0.1, -0.05) is 55.2 Å². The smallest absolute Gasteiger partial charge is 0.248 e. The maximum Gasteiger partial charge on any atom is 0.248 e. The van der Waals surface area contributed by atoms with Gasteiger partial charge >= 0.3 is 0 Å². The highest BCUT2D eigenvalue weighted by Crippen LogP contribution is 2.34. The van der Waals surface area contributed by atoms with Gasteiger partial charge in [0.25, 0.3) is 0 Å². The van der Waals surface area contributed by atoms with E-state index in [1.807, 2.05) is 18.2 Å². The molecule has 0 aliphatic carbocycles. The normalized spacial score (nSPS) is 11.6. The van der Waals surface area contributed by atoms with Crippen molar-refractivity contribution in [3.8, 4) is 22.8 Å². The van der Waals surface area contributed by atoms with E-state index in [9.17, 15) is 4.79 Å². The van der Waals surface area contributed by atoms with E-state index in [4.69, 9.17) is 32.0 Å². The first-order valence-electron chi connectivity index (χ1n) is 11.4. The number of fused-ring (bicyclic) bond motifs is 1. The Morgan fingerprint density at radius 2 is 1.78 bits per heavy atom. The molecule has 7 heteroatoms. The third-order valence-corrected chi connectivity index (χ3v) is 6.54. The van der Waals surface area contributed by atoms with E-state index in [-0.39, 0.29) is 5.91 Å². The van der Waals surface area contributed by atoms with Gasteiger partial charge in [0.2, 0.25) is 11.8 Å². The molecule has 1 N–H and O–H groups in total. The molecule has 3 aromatic carbocycles. The number of amides is 1. The Morgan fingerprint density at radius 1 is 0.972 bits per heavy atom. The summed E-state index contributed by atoms with van der Waals surface area (Å²) in [6.07, 6.45) is 2.99. The number of carbonyl (C=O) groups is 1. The molecule has 0 spiro atoms. The Bertz CT molecular complexity index is 1580. The second kappa shape index (κ2) is 10.1. The Labute approximate surface area is 218 Å². The number of hydrogen-bond donors (Lipinski definition) is 1. The lowest BCUT2D eigenvalue weighted by atomic mass is 10.0. The van der Waals surface area contributed by atoms with Crippen LogP contribution in [0.1, 0.15) is 31.1 Å². The number of nitrogens with one attached hydrogen (secondary N) is 1. The summed E-state index contributed by atoms with van der Waals surface area (Å²) in [5, 5.41) is 3.70. The third-order valence-electron chi connectivity index (χ3n) is 5.72. The van der Waals surface area contributed by atoms with Crippen molar-refractivity contribution in [2.75, 3.05) is 5.32 Å². The van der Waals surface area contributed by atoms with Gasteiger partial charge in [0.1, 0.15) is 17.0 Å².